The molecule has 1 aromatic rings. The van der Waals surface area contributed by atoms with Gasteiger partial charge in [0.15, 0.2) is 0 Å². The van der Waals surface area contributed by atoms with Gasteiger partial charge in [-0.15, -0.1) is 11.3 Å². The topological polar surface area (TPSA) is 26.0 Å². The molecule has 1 nitrogen and oxygen atoms in total. The van der Waals surface area contributed by atoms with Gasteiger partial charge in [0.05, 0.1) is 0 Å². The highest BCUT2D eigenvalue weighted by Crippen LogP contribution is 2.26. The van der Waals surface area contributed by atoms with Crippen molar-refractivity contribution in [2.24, 2.45) is 5.73 Å². The Balaban J connectivity index is 2.60. The standard InChI is InChI=1S/C12H19NS/c1-4-9(3)8-11(13)12-7-6-10(5-2)14-12/h6-7,11H,3-5,8,13H2,1-2H3. The van der Waals surface area contributed by atoms with Crippen molar-refractivity contribution in [1.29, 1.82) is 0 Å². The molecule has 0 aliphatic carbocycles. The maximum atomic E-state index is 6.09. The van der Waals surface area contributed by atoms with Gasteiger partial charge in [-0.05, 0) is 31.4 Å². The van der Waals surface area contributed by atoms with Gasteiger partial charge in [-0.3, -0.25) is 0 Å². The summed E-state index contributed by atoms with van der Waals surface area (Å²) in [7, 11) is 0. The van der Waals surface area contributed by atoms with Crippen LogP contribution < -0.4 is 5.73 Å². The van der Waals surface area contributed by atoms with Crippen LogP contribution in [0.25, 0.3) is 0 Å². The lowest BCUT2D eigenvalue weighted by atomic mass is 10.1. The van der Waals surface area contributed by atoms with Crippen LogP contribution in [0, 0.1) is 0 Å². The number of thiophene rings is 1. The molecule has 1 unspecified atom stereocenters. The lowest BCUT2D eigenvalue weighted by Gasteiger charge is -2.10. The van der Waals surface area contributed by atoms with E-state index in [0.717, 1.165) is 19.3 Å². The molecule has 0 aliphatic heterocycles. The molecule has 0 radical (unpaired) electrons. The van der Waals surface area contributed by atoms with Gasteiger partial charge in [0.1, 0.15) is 0 Å². The Morgan fingerprint density at radius 3 is 2.71 bits per heavy atom. The molecule has 1 atom stereocenters. The summed E-state index contributed by atoms with van der Waals surface area (Å²) in [6.45, 7) is 8.29. The van der Waals surface area contributed by atoms with Gasteiger partial charge in [0.2, 0.25) is 0 Å². The zero-order valence-electron chi connectivity index (χ0n) is 9.05. The normalized spacial score (nSPS) is 12.8. The average Bonchev–Trinajstić information content (AvgIpc) is 2.65. The molecule has 0 aliphatic rings. The third-order valence-electron chi connectivity index (χ3n) is 2.40. The van der Waals surface area contributed by atoms with Crippen molar-refractivity contribution >= 4 is 11.3 Å². The van der Waals surface area contributed by atoms with E-state index in [4.69, 9.17) is 5.73 Å². The Bertz CT molecular complexity index is 301. The van der Waals surface area contributed by atoms with Crippen LogP contribution in [0.1, 0.15) is 42.5 Å². The van der Waals surface area contributed by atoms with Crippen molar-refractivity contribution in [3.8, 4) is 0 Å². The van der Waals surface area contributed by atoms with Crippen molar-refractivity contribution in [2.75, 3.05) is 0 Å². The second-order valence-electron chi connectivity index (χ2n) is 3.57. The molecule has 1 aromatic heterocycles. The molecular weight excluding hydrogens is 190 g/mol. The number of aryl methyl sites for hydroxylation is 1. The van der Waals surface area contributed by atoms with Crippen LogP contribution in [-0.4, -0.2) is 0 Å². The summed E-state index contributed by atoms with van der Waals surface area (Å²) in [5.74, 6) is 0. The Hall–Kier alpha value is -0.600. The Kier molecular flexibility index (Phi) is 4.36. The third kappa shape index (κ3) is 2.96. The van der Waals surface area contributed by atoms with Gasteiger partial charge in [-0.25, -0.2) is 0 Å². The molecule has 14 heavy (non-hydrogen) atoms. The number of hydrogen-bond acceptors (Lipinski definition) is 2. The molecule has 0 saturated heterocycles. The molecule has 1 heterocycles. The fourth-order valence-electron chi connectivity index (χ4n) is 1.34. The summed E-state index contributed by atoms with van der Waals surface area (Å²) in [6, 6.07) is 4.47. The van der Waals surface area contributed by atoms with E-state index in [2.05, 4.69) is 32.6 Å². The predicted octanol–water partition coefficient (Wildman–Crippen LogP) is 3.67. The molecule has 0 bridgehead atoms. The van der Waals surface area contributed by atoms with Gasteiger partial charge in [-0.2, -0.15) is 0 Å². The zero-order valence-corrected chi connectivity index (χ0v) is 9.86. The molecule has 78 valence electrons. The highest BCUT2D eigenvalue weighted by atomic mass is 32.1. The first-order valence-corrected chi connectivity index (χ1v) is 5.99. The van der Waals surface area contributed by atoms with Crippen LogP contribution in [0.2, 0.25) is 0 Å². The van der Waals surface area contributed by atoms with Crippen molar-refractivity contribution in [1.82, 2.24) is 0 Å². The summed E-state index contributed by atoms with van der Waals surface area (Å²) in [4.78, 5) is 2.70. The fraction of sp³-hybridized carbons (Fsp3) is 0.500. The number of nitrogens with two attached hydrogens (primary N) is 1. The maximum absolute atomic E-state index is 6.09. The van der Waals surface area contributed by atoms with E-state index in [1.165, 1.54) is 15.3 Å². The van der Waals surface area contributed by atoms with Gasteiger partial charge >= 0.3 is 0 Å². The molecule has 0 amide bonds. The van der Waals surface area contributed by atoms with E-state index in [-0.39, 0.29) is 6.04 Å². The Morgan fingerprint density at radius 1 is 1.50 bits per heavy atom. The molecule has 2 heteroatoms. The van der Waals surface area contributed by atoms with Gasteiger partial charge in [-0.1, -0.05) is 26.0 Å². The highest BCUT2D eigenvalue weighted by Gasteiger charge is 2.09. The Labute approximate surface area is 90.6 Å². The molecule has 0 aromatic carbocycles. The molecule has 0 spiro atoms. The van der Waals surface area contributed by atoms with Crippen molar-refractivity contribution in [3.63, 3.8) is 0 Å². The van der Waals surface area contributed by atoms with E-state index in [9.17, 15) is 0 Å². The summed E-state index contributed by atoms with van der Waals surface area (Å²) in [5.41, 5.74) is 7.33. The second-order valence-corrected chi connectivity index (χ2v) is 4.77. The van der Waals surface area contributed by atoms with Gasteiger partial charge < -0.3 is 5.73 Å². The van der Waals surface area contributed by atoms with E-state index < -0.39 is 0 Å². The zero-order chi connectivity index (χ0) is 10.6. The van der Waals surface area contributed by atoms with Crippen molar-refractivity contribution < 1.29 is 0 Å². The summed E-state index contributed by atoms with van der Waals surface area (Å²) < 4.78 is 0. The van der Waals surface area contributed by atoms with E-state index >= 15 is 0 Å². The van der Waals surface area contributed by atoms with Crippen molar-refractivity contribution in [3.05, 3.63) is 34.0 Å². The van der Waals surface area contributed by atoms with Gasteiger partial charge in [0.25, 0.3) is 0 Å². The van der Waals surface area contributed by atoms with Crippen LogP contribution >= 0.6 is 11.3 Å². The summed E-state index contributed by atoms with van der Waals surface area (Å²) >= 11 is 1.83. The molecule has 1 rings (SSSR count). The third-order valence-corrected chi connectivity index (χ3v) is 3.77. The van der Waals surface area contributed by atoms with E-state index in [1.54, 1.807) is 0 Å². The lowest BCUT2D eigenvalue weighted by molar-refractivity contribution is 0.714. The van der Waals surface area contributed by atoms with Gasteiger partial charge in [0, 0.05) is 15.8 Å². The van der Waals surface area contributed by atoms with Crippen LogP contribution in [0.4, 0.5) is 0 Å². The monoisotopic (exact) mass is 209 g/mol. The highest BCUT2D eigenvalue weighted by molar-refractivity contribution is 7.12. The first kappa shape index (κ1) is 11.5. The molecule has 0 fully saturated rings. The molecule has 0 saturated carbocycles. The quantitative estimate of drug-likeness (QED) is 0.736. The molecular formula is C12H19NS. The van der Waals surface area contributed by atoms with Crippen LogP contribution in [0.15, 0.2) is 24.3 Å². The SMILES string of the molecule is C=C(CC)CC(N)c1ccc(CC)s1. The van der Waals surface area contributed by atoms with Crippen molar-refractivity contribution in [2.45, 2.75) is 39.2 Å². The average molecular weight is 209 g/mol. The lowest BCUT2D eigenvalue weighted by Crippen LogP contribution is -2.08. The van der Waals surface area contributed by atoms with E-state index in [1.807, 2.05) is 11.3 Å². The minimum Gasteiger partial charge on any atom is -0.323 e. The fourth-order valence-corrected chi connectivity index (χ4v) is 2.29. The molecule has 2 N–H and O–H groups in total. The summed E-state index contributed by atoms with van der Waals surface area (Å²) in [5, 5.41) is 0. The van der Waals surface area contributed by atoms with E-state index in [0.29, 0.717) is 0 Å². The number of rotatable bonds is 5. The predicted molar refractivity (Wildman–Crippen MR) is 64.7 cm³/mol. The smallest absolute Gasteiger partial charge is 0.0427 e. The number of hydrogen-bond donors (Lipinski definition) is 1. The van der Waals surface area contributed by atoms with Crippen LogP contribution in [0.5, 0.6) is 0 Å². The first-order valence-electron chi connectivity index (χ1n) is 5.18. The maximum Gasteiger partial charge on any atom is 0.0427 e. The summed E-state index contributed by atoms with van der Waals surface area (Å²) in [6.07, 6.45) is 3.05. The largest absolute Gasteiger partial charge is 0.323 e. The van der Waals surface area contributed by atoms with Crippen LogP contribution in [0.3, 0.4) is 0 Å². The Morgan fingerprint density at radius 2 is 2.21 bits per heavy atom. The minimum atomic E-state index is 0.146. The first-order chi connectivity index (χ1) is 6.67. The minimum absolute atomic E-state index is 0.146. The second kappa shape index (κ2) is 5.32. The van der Waals surface area contributed by atoms with Crippen LogP contribution in [-0.2, 0) is 6.42 Å².